The molecule has 0 atom stereocenters. The molecule has 0 saturated heterocycles. The maximum absolute atomic E-state index is 11.6. The molecule has 1 fully saturated rings. The highest BCUT2D eigenvalue weighted by molar-refractivity contribution is 7.91. The second-order valence-corrected chi connectivity index (χ2v) is 9.06. The third kappa shape index (κ3) is 5.38. The van der Waals surface area contributed by atoms with E-state index < -0.39 is 9.84 Å². The molecule has 2 N–H and O–H groups in total. The van der Waals surface area contributed by atoms with Crippen molar-refractivity contribution in [3.8, 4) is 0 Å². The Kier molecular flexibility index (Phi) is 6.52. The number of rotatable bonds is 8. The van der Waals surface area contributed by atoms with Gasteiger partial charge in [0.1, 0.15) is 0 Å². The Morgan fingerprint density at radius 1 is 1.29 bits per heavy atom. The lowest BCUT2D eigenvalue weighted by Gasteiger charge is -2.16. The van der Waals surface area contributed by atoms with Gasteiger partial charge in [-0.2, -0.15) is 0 Å². The maximum atomic E-state index is 11.6. The quantitative estimate of drug-likeness (QED) is 0.543. The van der Waals surface area contributed by atoms with Gasteiger partial charge < -0.3 is 10.6 Å². The Morgan fingerprint density at radius 3 is 2.62 bits per heavy atom. The van der Waals surface area contributed by atoms with Crippen LogP contribution in [-0.2, 0) is 15.3 Å². The fraction of sp³-hybridized carbons (Fsp3) is 0.588. The van der Waals surface area contributed by atoms with Crippen LogP contribution in [0.3, 0.4) is 0 Å². The van der Waals surface area contributed by atoms with Crippen LogP contribution >= 0.6 is 11.6 Å². The van der Waals surface area contributed by atoms with Gasteiger partial charge in [0.05, 0.1) is 12.3 Å². The van der Waals surface area contributed by atoms with Crippen molar-refractivity contribution in [3.63, 3.8) is 0 Å². The van der Waals surface area contributed by atoms with Crippen molar-refractivity contribution >= 4 is 27.4 Å². The van der Waals surface area contributed by atoms with E-state index in [0.717, 1.165) is 24.4 Å². The fourth-order valence-corrected chi connectivity index (χ4v) is 3.44. The summed E-state index contributed by atoms with van der Waals surface area (Å²) in [5, 5.41) is 7.02. The minimum Gasteiger partial charge on any atom is -0.357 e. The van der Waals surface area contributed by atoms with E-state index >= 15 is 0 Å². The van der Waals surface area contributed by atoms with E-state index in [4.69, 9.17) is 11.6 Å². The van der Waals surface area contributed by atoms with Crippen LogP contribution in [0.4, 0.5) is 0 Å². The minimum atomic E-state index is -2.97. The molecule has 1 aromatic carbocycles. The van der Waals surface area contributed by atoms with E-state index in [-0.39, 0.29) is 16.9 Å². The zero-order chi connectivity index (χ0) is 17.6. The summed E-state index contributed by atoms with van der Waals surface area (Å²) in [5.74, 6) is 0.949. The molecule has 5 nitrogen and oxygen atoms in total. The summed E-state index contributed by atoms with van der Waals surface area (Å²) in [6, 6.07) is 7.96. The predicted molar refractivity (Wildman–Crippen MR) is 101 cm³/mol. The summed E-state index contributed by atoms with van der Waals surface area (Å²) in [7, 11) is -2.97. The highest BCUT2D eigenvalue weighted by atomic mass is 35.5. The van der Waals surface area contributed by atoms with Crippen LogP contribution in [0.15, 0.2) is 29.3 Å². The van der Waals surface area contributed by atoms with Crippen LogP contribution in [0.1, 0.15) is 32.3 Å². The first-order valence-corrected chi connectivity index (χ1v) is 10.6. The lowest BCUT2D eigenvalue weighted by Crippen LogP contribution is -2.40. The zero-order valence-corrected chi connectivity index (χ0v) is 15.9. The largest absolute Gasteiger partial charge is 0.357 e. The molecular weight excluding hydrogens is 346 g/mol. The lowest BCUT2D eigenvalue weighted by molar-refractivity contribution is 0.595. The van der Waals surface area contributed by atoms with Gasteiger partial charge in [-0.15, -0.1) is 0 Å². The van der Waals surface area contributed by atoms with E-state index in [2.05, 4.69) is 21.7 Å². The highest BCUT2D eigenvalue weighted by Gasteiger charge is 2.44. The lowest BCUT2D eigenvalue weighted by atomic mass is 9.96. The number of sulfone groups is 1. The van der Waals surface area contributed by atoms with Gasteiger partial charge in [-0.1, -0.05) is 30.7 Å². The van der Waals surface area contributed by atoms with Gasteiger partial charge in [0, 0.05) is 29.3 Å². The summed E-state index contributed by atoms with van der Waals surface area (Å²) in [6.07, 6.45) is 2.20. The predicted octanol–water partition coefficient (Wildman–Crippen LogP) is 2.36. The Bertz CT molecular complexity index is 685. The minimum absolute atomic E-state index is 0.0722. The normalized spacial score (nSPS) is 16.7. The van der Waals surface area contributed by atoms with Gasteiger partial charge in [0.25, 0.3) is 0 Å². The monoisotopic (exact) mass is 371 g/mol. The van der Waals surface area contributed by atoms with Gasteiger partial charge in [0.15, 0.2) is 15.8 Å². The Balaban J connectivity index is 1.98. The second-order valence-electron chi connectivity index (χ2n) is 6.15. The van der Waals surface area contributed by atoms with Gasteiger partial charge in [-0.25, -0.2) is 8.42 Å². The summed E-state index contributed by atoms with van der Waals surface area (Å²) in [4.78, 5) is 4.66. The number of nitrogens with one attached hydrogen (secondary N) is 2. The highest BCUT2D eigenvalue weighted by Crippen LogP contribution is 2.48. The average Bonchev–Trinajstić information content (AvgIpc) is 3.34. The van der Waals surface area contributed by atoms with Gasteiger partial charge in [0.2, 0.25) is 0 Å². The molecule has 0 amide bonds. The molecule has 134 valence electrons. The van der Waals surface area contributed by atoms with Crippen molar-refractivity contribution in [1.82, 2.24) is 10.6 Å². The molecule has 0 aliphatic heterocycles. The second kappa shape index (κ2) is 8.21. The molecule has 7 heteroatoms. The van der Waals surface area contributed by atoms with E-state index in [1.165, 1.54) is 5.56 Å². The molecule has 0 unspecified atom stereocenters. The summed E-state index contributed by atoms with van der Waals surface area (Å²) < 4.78 is 23.1. The van der Waals surface area contributed by atoms with Crippen LogP contribution in [-0.4, -0.2) is 45.5 Å². The molecule has 1 aromatic rings. The summed E-state index contributed by atoms with van der Waals surface area (Å²) in [5.41, 5.74) is 1.30. The molecule has 24 heavy (non-hydrogen) atoms. The Hall–Kier alpha value is -1.27. The first-order chi connectivity index (χ1) is 11.4. The molecular formula is C17H26ClN3O2S. The van der Waals surface area contributed by atoms with E-state index in [0.29, 0.717) is 19.0 Å². The fourth-order valence-electron chi connectivity index (χ4n) is 2.55. The molecule has 1 aliphatic carbocycles. The third-order valence-electron chi connectivity index (χ3n) is 4.32. The van der Waals surface area contributed by atoms with Crippen molar-refractivity contribution in [2.45, 2.75) is 32.1 Å². The van der Waals surface area contributed by atoms with Crippen molar-refractivity contribution < 1.29 is 8.42 Å². The Labute approximate surface area is 149 Å². The standard InChI is InChI=1S/C17H26ClN3O2S/c1-3-19-16(20-10-11-24(22,23)4-2)21-13-17(8-9-17)14-6-5-7-15(18)12-14/h5-7,12H,3-4,8-11,13H2,1-2H3,(H2,19,20,21). The molecule has 0 bridgehead atoms. The number of hydrogen-bond acceptors (Lipinski definition) is 3. The maximum Gasteiger partial charge on any atom is 0.191 e. The molecule has 2 rings (SSSR count). The molecule has 0 radical (unpaired) electrons. The van der Waals surface area contributed by atoms with Crippen molar-refractivity contribution in [3.05, 3.63) is 34.9 Å². The summed E-state index contributed by atoms with van der Waals surface area (Å²) in [6.45, 7) is 5.42. The first kappa shape index (κ1) is 19.1. The van der Waals surface area contributed by atoms with Gasteiger partial charge >= 0.3 is 0 Å². The van der Waals surface area contributed by atoms with Crippen LogP contribution in [0.2, 0.25) is 5.02 Å². The summed E-state index contributed by atoms with van der Waals surface area (Å²) >= 11 is 6.10. The molecule has 1 aliphatic rings. The van der Waals surface area contributed by atoms with Crippen LogP contribution in [0.25, 0.3) is 0 Å². The average molecular weight is 372 g/mol. The van der Waals surface area contributed by atoms with Crippen molar-refractivity contribution in [2.24, 2.45) is 4.99 Å². The van der Waals surface area contributed by atoms with E-state index in [1.54, 1.807) is 6.92 Å². The zero-order valence-electron chi connectivity index (χ0n) is 14.3. The molecule has 0 aromatic heterocycles. The van der Waals surface area contributed by atoms with E-state index in [9.17, 15) is 8.42 Å². The first-order valence-electron chi connectivity index (χ1n) is 8.39. The number of halogens is 1. The van der Waals surface area contributed by atoms with Gasteiger partial charge in [-0.3, -0.25) is 4.99 Å². The number of nitrogens with zero attached hydrogens (tertiary/aromatic N) is 1. The Morgan fingerprint density at radius 2 is 2.04 bits per heavy atom. The molecule has 1 saturated carbocycles. The van der Waals surface area contributed by atoms with E-state index in [1.807, 2.05) is 25.1 Å². The smallest absolute Gasteiger partial charge is 0.191 e. The number of guanidine groups is 1. The number of hydrogen-bond donors (Lipinski definition) is 2. The van der Waals surface area contributed by atoms with Crippen LogP contribution in [0.5, 0.6) is 0 Å². The van der Waals surface area contributed by atoms with Crippen LogP contribution in [0, 0.1) is 0 Å². The number of benzene rings is 1. The molecule has 0 heterocycles. The van der Waals surface area contributed by atoms with Gasteiger partial charge in [-0.05, 0) is 37.5 Å². The van der Waals surface area contributed by atoms with Crippen LogP contribution < -0.4 is 10.6 Å². The van der Waals surface area contributed by atoms with Crippen molar-refractivity contribution in [1.29, 1.82) is 0 Å². The van der Waals surface area contributed by atoms with Crippen molar-refractivity contribution in [2.75, 3.05) is 31.1 Å². The molecule has 0 spiro atoms. The third-order valence-corrected chi connectivity index (χ3v) is 6.26. The SMILES string of the molecule is CCNC(=NCC1(c2cccc(Cl)c2)CC1)NCCS(=O)(=O)CC. The topological polar surface area (TPSA) is 70.6 Å². The number of aliphatic imine (C=N–C) groups is 1.